The first-order valence-corrected chi connectivity index (χ1v) is 5.63. The third-order valence-electron chi connectivity index (χ3n) is 3.30. The lowest BCUT2D eigenvalue weighted by Gasteiger charge is -2.37. The summed E-state index contributed by atoms with van der Waals surface area (Å²) in [6.07, 6.45) is 5.34. The van der Waals surface area contributed by atoms with E-state index in [-0.39, 0.29) is 0 Å². The molecule has 3 unspecified atom stereocenters. The molecule has 2 N–H and O–H groups in total. The zero-order valence-corrected chi connectivity index (χ0v) is 9.70. The first-order valence-electron chi connectivity index (χ1n) is 5.63. The van der Waals surface area contributed by atoms with Crippen LogP contribution < -0.4 is 5.73 Å². The molecule has 0 aromatic heterocycles. The van der Waals surface area contributed by atoms with E-state index in [1.807, 2.05) is 0 Å². The van der Waals surface area contributed by atoms with Crippen LogP contribution in [0.3, 0.4) is 0 Å². The van der Waals surface area contributed by atoms with Crippen molar-refractivity contribution in [2.24, 2.45) is 5.73 Å². The van der Waals surface area contributed by atoms with Crippen molar-refractivity contribution in [3.8, 4) is 0 Å². The van der Waals surface area contributed by atoms with Crippen molar-refractivity contribution in [3.63, 3.8) is 0 Å². The van der Waals surface area contributed by atoms with E-state index < -0.39 is 0 Å². The maximum absolute atomic E-state index is 6.11. The Bertz CT molecular complexity index is 163. The summed E-state index contributed by atoms with van der Waals surface area (Å²) >= 11 is 0. The number of nitrogens with zero attached hydrogens (tertiary/aromatic N) is 1. The Morgan fingerprint density at radius 3 is 2.64 bits per heavy atom. The van der Waals surface area contributed by atoms with Crippen molar-refractivity contribution in [2.75, 3.05) is 20.7 Å². The molecule has 3 nitrogen and oxygen atoms in total. The lowest BCUT2D eigenvalue weighted by atomic mass is 9.90. The van der Waals surface area contributed by atoms with E-state index in [0.717, 1.165) is 6.54 Å². The van der Waals surface area contributed by atoms with Gasteiger partial charge in [0.2, 0.25) is 0 Å². The molecule has 14 heavy (non-hydrogen) atoms. The number of methoxy groups -OCH3 is 1. The molecule has 1 saturated carbocycles. The van der Waals surface area contributed by atoms with Crippen LogP contribution >= 0.6 is 0 Å². The van der Waals surface area contributed by atoms with Gasteiger partial charge in [0.1, 0.15) is 0 Å². The average molecular weight is 200 g/mol. The first-order chi connectivity index (χ1) is 6.65. The SMILES string of the molecule is COC(C)CN(C)C1CCCCC1N. The Morgan fingerprint density at radius 1 is 1.43 bits per heavy atom. The monoisotopic (exact) mass is 200 g/mol. The third kappa shape index (κ3) is 3.23. The number of likely N-dealkylation sites (N-methyl/N-ethyl adjacent to an activating group) is 1. The van der Waals surface area contributed by atoms with Crippen molar-refractivity contribution in [3.05, 3.63) is 0 Å². The summed E-state index contributed by atoms with van der Waals surface area (Å²) in [4.78, 5) is 2.36. The molecule has 0 saturated heterocycles. The smallest absolute Gasteiger partial charge is 0.0670 e. The minimum atomic E-state index is 0.300. The highest BCUT2D eigenvalue weighted by molar-refractivity contribution is 4.85. The van der Waals surface area contributed by atoms with Crippen LogP contribution in [0.15, 0.2) is 0 Å². The molecule has 3 atom stereocenters. The Kier molecular flexibility index (Phi) is 4.85. The van der Waals surface area contributed by atoms with E-state index in [9.17, 15) is 0 Å². The van der Waals surface area contributed by atoms with Gasteiger partial charge in [0, 0.05) is 25.7 Å². The molecular weight excluding hydrogens is 176 g/mol. The minimum Gasteiger partial charge on any atom is -0.380 e. The van der Waals surface area contributed by atoms with Crippen LogP contribution in [0.2, 0.25) is 0 Å². The molecule has 0 spiro atoms. The second-order valence-corrected chi connectivity index (χ2v) is 4.50. The molecule has 84 valence electrons. The van der Waals surface area contributed by atoms with E-state index in [0.29, 0.717) is 18.2 Å². The molecule has 0 aromatic rings. The van der Waals surface area contributed by atoms with Crippen LogP contribution in [-0.4, -0.2) is 43.8 Å². The molecule has 0 heterocycles. The number of nitrogens with two attached hydrogens (primary N) is 1. The van der Waals surface area contributed by atoms with Crippen LogP contribution in [0.5, 0.6) is 0 Å². The Labute approximate surface area is 87.6 Å². The van der Waals surface area contributed by atoms with E-state index >= 15 is 0 Å². The van der Waals surface area contributed by atoms with Gasteiger partial charge >= 0.3 is 0 Å². The second-order valence-electron chi connectivity index (χ2n) is 4.50. The standard InChI is InChI=1S/C11H24N2O/c1-9(14-3)8-13(2)11-7-5-4-6-10(11)12/h9-11H,4-8,12H2,1-3H3. The zero-order chi connectivity index (χ0) is 10.6. The topological polar surface area (TPSA) is 38.5 Å². The number of hydrogen-bond acceptors (Lipinski definition) is 3. The van der Waals surface area contributed by atoms with Crippen molar-refractivity contribution >= 4 is 0 Å². The van der Waals surface area contributed by atoms with E-state index in [1.54, 1.807) is 7.11 Å². The lowest BCUT2D eigenvalue weighted by Crippen LogP contribution is -2.49. The molecule has 1 rings (SSSR count). The van der Waals surface area contributed by atoms with Crippen molar-refractivity contribution < 1.29 is 4.74 Å². The second kappa shape index (κ2) is 5.69. The summed E-state index contributed by atoms with van der Waals surface area (Å²) < 4.78 is 5.26. The summed E-state index contributed by atoms with van der Waals surface area (Å²) in [5.74, 6) is 0. The molecule has 0 bridgehead atoms. The first kappa shape index (κ1) is 12.0. The van der Waals surface area contributed by atoms with Gasteiger partial charge in [-0.2, -0.15) is 0 Å². The number of hydrogen-bond donors (Lipinski definition) is 1. The van der Waals surface area contributed by atoms with Gasteiger partial charge in [-0.15, -0.1) is 0 Å². The third-order valence-corrected chi connectivity index (χ3v) is 3.30. The minimum absolute atomic E-state index is 0.300. The van der Waals surface area contributed by atoms with Crippen LogP contribution in [0.1, 0.15) is 32.6 Å². The van der Waals surface area contributed by atoms with Gasteiger partial charge in [0.05, 0.1) is 6.10 Å². The Balaban J connectivity index is 2.37. The molecule has 0 radical (unpaired) electrons. The maximum atomic E-state index is 6.11. The van der Waals surface area contributed by atoms with Crippen molar-refractivity contribution in [2.45, 2.75) is 50.8 Å². The lowest BCUT2D eigenvalue weighted by molar-refractivity contribution is 0.0591. The highest BCUT2D eigenvalue weighted by atomic mass is 16.5. The average Bonchev–Trinajstić information content (AvgIpc) is 2.18. The normalized spacial score (nSPS) is 30.6. The predicted molar refractivity (Wildman–Crippen MR) is 59.3 cm³/mol. The molecule has 0 aromatic carbocycles. The van der Waals surface area contributed by atoms with Gasteiger partial charge in [0.15, 0.2) is 0 Å². The van der Waals surface area contributed by atoms with Gasteiger partial charge < -0.3 is 10.5 Å². The van der Waals surface area contributed by atoms with Crippen LogP contribution in [-0.2, 0) is 4.74 Å². The molecule has 3 heteroatoms. The number of ether oxygens (including phenoxy) is 1. The molecule has 1 aliphatic carbocycles. The fourth-order valence-corrected chi connectivity index (χ4v) is 2.30. The molecular formula is C11H24N2O. The van der Waals surface area contributed by atoms with Gasteiger partial charge in [-0.05, 0) is 26.8 Å². The van der Waals surface area contributed by atoms with Crippen molar-refractivity contribution in [1.82, 2.24) is 4.90 Å². The van der Waals surface area contributed by atoms with Crippen LogP contribution in [0.4, 0.5) is 0 Å². The Morgan fingerprint density at radius 2 is 2.07 bits per heavy atom. The van der Waals surface area contributed by atoms with Gasteiger partial charge in [-0.3, -0.25) is 4.90 Å². The van der Waals surface area contributed by atoms with Gasteiger partial charge in [-0.25, -0.2) is 0 Å². The fraction of sp³-hybridized carbons (Fsp3) is 1.00. The molecule has 1 aliphatic rings. The van der Waals surface area contributed by atoms with E-state index in [1.165, 1.54) is 25.7 Å². The highest BCUT2D eigenvalue weighted by Crippen LogP contribution is 2.21. The van der Waals surface area contributed by atoms with E-state index in [4.69, 9.17) is 10.5 Å². The van der Waals surface area contributed by atoms with Crippen LogP contribution in [0, 0.1) is 0 Å². The largest absolute Gasteiger partial charge is 0.380 e. The zero-order valence-electron chi connectivity index (χ0n) is 9.70. The predicted octanol–water partition coefficient (Wildman–Crippen LogP) is 1.22. The Hall–Kier alpha value is -0.120. The summed E-state index contributed by atoms with van der Waals surface area (Å²) in [5, 5.41) is 0. The quantitative estimate of drug-likeness (QED) is 0.741. The summed E-state index contributed by atoms with van der Waals surface area (Å²) in [5.41, 5.74) is 6.11. The maximum Gasteiger partial charge on any atom is 0.0670 e. The summed E-state index contributed by atoms with van der Waals surface area (Å²) in [7, 11) is 3.92. The summed E-state index contributed by atoms with van der Waals surface area (Å²) in [6, 6.07) is 0.916. The fourth-order valence-electron chi connectivity index (χ4n) is 2.30. The molecule has 0 aliphatic heterocycles. The van der Waals surface area contributed by atoms with E-state index in [2.05, 4.69) is 18.9 Å². The van der Waals surface area contributed by atoms with Gasteiger partial charge in [-0.1, -0.05) is 12.8 Å². The number of rotatable bonds is 4. The van der Waals surface area contributed by atoms with Crippen molar-refractivity contribution in [1.29, 1.82) is 0 Å². The van der Waals surface area contributed by atoms with Crippen LogP contribution in [0.25, 0.3) is 0 Å². The highest BCUT2D eigenvalue weighted by Gasteiger charge is 2.25. The molecule has 0 amide bonds. The van der Waals surface area contributed by atoms with Gasteiger partial charge in [0.25, 0.3) is 0 Å². The molecule has 1 fully saturated rings. The summed E-state index contributed by atoms with van der Waals surface area (Å²) in [6.45, 7) is 3.08.